The van der Waals surface area contributed by atoms with E-state index in [4.69, 9.17) is 9.47 Å². The second-order valence-electron chi connectivity index (χ2n) is 7.39. The molecule has 0 saturated carbocycles. The Morgan fingerprint density at radius 3 is 2.60 bits per heavy atom. The van der Waals surface area contributed by atoms with Crippen molar-refractivity contribution in [2.24, 2.45) is 0 Å². The van der Waals surface area contributed by atoms with Crippen molar-refractivity contribution in [2.75, 3.05) is 0 Å². The number of hydrogen-bond donors (Lipinski definition) is 1. The first-order valence-electron chi connectivity index (χ1n) is 6.93. The Hall–Kier alpha value is -1.14. The minimum Gasteiger partial charge on any atom is -0.444 e. The fourth-order valence-electron chi connectivity index (χ4n) is 3.80. The Morgan fingerprint density at radius 1 is 1.45 bits per heavy atom. The summed E-state index contributed by atoms with van der Waals surface area (Å²) in [5, 5.41) is 10.4. The second-order valence-corrected chi connectivity index (χ2v) is 7.39. The number of nitrogens with zero attached hydrogens (tertiary/aromatic N) is 1. The van der Waals surface area contributed by atoms with Gasteiger partial charge in [-0.1, -0.05) is 0 Å². The summed E-state index contributed by atoms with van der Waals surface area (Å²) in [5.74, 6) is -0.140. The molecule has 20 heavy (non-hydrogen) atoms. The van der Waals surface area contributed by atoms with E-state index in [1.807, 2.05) is 0 Å². The van der Waals surface area contributed by atoms with Gasteiger partial charge >= 0.3 is 6.09 Å². The molecule has 4 heterocycles. The number of piperidine rings is 1. The Kier molecular flexibility index (Phi) is 2.45. The standard InChI is InChI=1S/C14H21NO5/c1-12(2,3)19-11(18)15-7-6-13(4)10(17)8(15)14(5,20-13)9(7)16/h7-9,16H,6H2,1-5H3/t7-,8+,9-,13-,14-/m1/s1. The Labute approximate surface area is 118 Å². The predicted molar refractivity (Wildman–Crippen MR) is 69.2 cm³/mol. The van der Waals surface area contributed by atoms with Crippen LogP contribution in [0.1, 0.15) is 41.0 Å². The van der Waals surface area contributed by atoms with Crippen molar-refractivity contribution in [3.8, 4) is 0 Å². The lowest BCUT2D eigenvalue weighted by Crippen LogP contribution is -2.58. The number of aliphatic hydroxyl groups excluding tert-OH is 1. The van der Waals surface area contributed by atoms with E-state index in [2.05, 4.69) is 0 Å². The van der Waals surface area contributed by atoms with Crippen molar-refractivity contribution >= 4 is 11.9 Å². The van der Waals surface area contributed by atoms with Gasteiger partial charge in [0.1, 0.15) is 28.9 Å². The van der Waals surface area contributed by atoms with Crippen LogP contribution in [0.4, 0.5) is 4.79 Å². The summed E-state index contributed by atoms with van der Waals surface area (Å²) in [6, 6.07) is -1.17. The van der Waals surface area contributed by atoms with Crippen molar-refractivity contribution in [3.63, 3.8) is 0 Å². The van der Waals surface area contributed by atoms with Crippen molar-refractivity contribution < 1.29 is 24.2 Å². The molecule has 4 rings (SSSR count). The number of ether oxygens (including phenoxy) is 2. The smallest absolute Gasteiger partial charge is 0.411 e. The quantitative estimate of drug-likeness (QED) is 0.713. The number of amides is 1. The molecule has 0 aliphatic carbocycles. The van der Waals surface area contributed by atoms with Gasteiger partial charge in [-0.25, -0.2) is 4.79 Å². The predicted octanol–water partition coefficient (Wildman–Crippen LogP) is 0.856. The first-order valence-corrected chi connectivity index (χ1v) is 6.93. The molecule has 112 valence electrons. The molecule has 0 aromatic carbocycles. The fraction of sp³-hybridized carbons (Fsp3) is 0.857. The highest BCUT2D eigenvalue weighted by Gasteiger charge is 2.76. The van der Waals surface area contributed by atoms with Crippen molar-refractivity contribution in [2.45, 2.75) is 76.0 Å². The molecule has 0 aromatic heterocycles. The third kappa shape index (κ3) is 1.52. The number of carbonyl (C=O) groups is 2. The number of Topliss-reactive ketones (excluding diaryl/α,β-unsaturated/α-hetero) is 1. The van der Waals surface area contributed by atoms with Gasteiger partial charge in [0, 0.05) is 6.42 Å². The summed E-state index contributed by atoms with van der Waals surface area (Å²) < 4.78 is 11.2. The molecular formula is C14H21NO5. The zero-order chi connectivity index (χ0) is 15.1. The second kappa shape index (κ2) is 3.54. The highest BCUT2D eigenvalue weighted by Crippen LogP contribution is 2.55. The molecule has 0 aromatic rings. The van der Waals surface area contributed by atoms with E-state index in [9.17, 15) is 14.7 Å². The van der Waals surface area contributed by atoms with Crippen LogP contribution >= 0.6 is 0 Å². The van der Waals surface area contributed by atoms with Crippen LogP contribution < -0.4 is 0 Å². The molecule has 1 N–H and O–H groups in total. The van der Waals surface area contributed by atoms with Crippen LogP contribution in [-0.4, -0.2) is 56.9 Å². The van der Waals surface area contributed by atoms with Crippen LogP contribution in [-0.2, 0) is 14.3 Å². The molecule has 4 bridgehead atoms. The van der Waals surface area contributed by atoms with Crippen LogP contribution in [0.2, 0.25) is 0 Å². The van der Waals surface area contributed by atoms with E-state index in [-0.39, 0.29) is 5.78 Å². The molecule has 6 heteroatoms. The Balaban J connectivity index is 1.96. The average molecular weight is 283 g/mol. The van der Waals surface area contributed by atoms with Gasteiger partial charge in [0.2, 0.25) is 0 Å². The van der Waals surface area contributed by atoms with E-state index in [0.29, 0.717) is 6.42 Å². The van der Waals surface area contributed by atoms with Crippen molar-refractivity contribution in [1.82, 2.24) is 4.90 Å². The zero-order valence-electron chi connectivity index (χ0n) is 12.5. The van der Waals surface area contributed by atoms with Crippen LogP contribution in [0.5, 0.6) is 0 Å². The molecule has 4 fully saturated rings. The van der Waals surface area contributed by atoms with Gasteiger partial charge < -0.3 is 14.6 Å². The largest absolute Gasteiger partial charge is 0.444 e. The molecular weight excluding hydrogens is 262 g/mol. The van der Waals surface area contributed by atoms with Gasteiger partial charge in [-0.05, 0) is 34.6 Å². The summed E-state index contributed by atoms with van der Waals surface area (Å²) in [5.41, 5.74) is -2.55. The summed E-state index contributed by atoms with van der Waals surface area (Å²) >= 11 is 0. The van der Waals surface area contributed by atoms with Crippen LogP contribution in [0.25, 0.3) is 0 Å². The van der Waals surface area contributed by atoms with Crippen LogP contribution in [0.15, 0.2) is 0 Å². The van der Waals surface area contributed by atoms with Gasteiger partial charge in [-0.2, -0.15) is 0 Å². The van der Waals surface area contributed by atoms with Gasteiger partial charge in [-0.3, -0.25) is 9.69 Å². The highest BCUT2D eigenvalue weighted by molar-refractivity contribution is 5.99. The third-order valence-electron chi connectivity index (χ3n) is 4.55. The zero-order valence-corrected chi connectivity index (χ0v) is 12.5. The molecule has 0 radical (unpaired) electrons. The summed E-state index contributed by atoms with van der Waals surface area (Å²) in [4.78, 5) is 26.2. The Bertz CT molecular complexity index is 498. The average Bonchev–Trinajstić information content (AvgIpc) is 2.51. The molecule has 4 aliphatic heterocycles. The van der Waals surface area contributed by atoms with Crippen molar-refractivity contribution in [3.05, 3.63) is 0 Å². The number of ketones is 1. The SMILES string of the molecule is CC(C)(C)OC(=O)N1[C@@H]2C[C@@]3(C)O[C@@](C)([C@@H]2O)[C@@H]1C3=O. The lowest BCUT2D eigenvalue weighted by Gasteiger charge is -2.41. The normalized spacial score (nSPS) is 46.2. The van der Waals surface area contributed by atoms with E-state index in [1.54, 1.807) is 34.6 Å². The monoisotopic (exact) mass is 283 g/mol. The molecule has 1 amide bonds. The maximum Gasteiger partial charge on any atom is 0.411 e. The van der Waals surface area contributed by atoms with E-state index in [1.165, 1.54) is 4.90 Å². The first kappa shape index (κ1) is 13.8. The molecule has 0 spiro atoms. The first-order chi connectivity index (χ1) is 9.00. The summed E-state index contributed by atoms with van der Waals surface area (Å²) in [6.45, 7) is 8.75. The minimum atomic E-state index is -1.02. The molecule has 4 aliphatic rings. The van der Waals surface area contributed by atoms with E-state index in [0.717, 1.165) is 0 Å². The molecule has 4 saturated heterocycles. The van der Waals surface area contributed by atoms with Crippen LogP contribution in [0, 0.1) is 0 Å². The topological polar surface area (TPSA) is 76.1 Å². The third-order valence-corrected chi connectivity index (χ3v) is 4.55. The maximum absolute atomic E-state index is 12.5. The summed E-state index contributed by atoms with van der Waals surface area (Å²) in [6.07, 6.45) is -1.10. The lowest BCUT2D eigenvalue weighted by molar-refractivity contribution is -0.178. The van der Waals surface area contributed by atoms with Crippen LogP contribution in [0.3, 0.4) is 0 Å². The van der Waals surface area contributed by atoms with E-state index < -0.39 is 41.1 Å². The summed E-state index contributed by atoms with van der Waals surface area (Å²) in [7, 11) is 0. The number of carbonyl (C=O) groups excluding carboxylic acids is 2. The van der Waals surface area contributed by atoms with Gasteiger partial charge in [0.25, 0.3) is 0 Å². The number of rotatable bonds is 0. The number of aliphatic hydroxyl groups is 1. The van der Waals surface area contributed by atoms with E-state index >= 15 is 0 Å². The molecule has 0 unspecified atom stereocenters. The maximum atomic E-state index is 12.5. The fourth-order valence-corrected chi connectivity index (χ4v) is 3.80. The molecule has 6 nitrogen and oxygen atoms in total. The van der Waals surface area contributed by atoms with Gasteiger partial charge in [0.05, 0.1) is 6.04 Å². The lowest BCUT2D eigenvalue weighted by atomic mass is 9.87. The molecule has 5 atom stereocenters. The highest BCUT2D eigenvalue weighted by atomic mass is 16.6. The Morgan fingerprint density at radius 2 is 2.05 bits per heavy atom. The number of hydrogen-bond acceptors (Lipinski definition) is 5. The van der Waals surface area contributed by atoms with Crippen molar-refractivity contribution in [1.29, 1.82) is 0 Å². The minimum absolute atomic E-state index is 0.140. The van der Waals surface area contributed by atoms with Gasteiger partial charge in [-0.15, -0.1) is 0 Å². The van der Waals surface area contributed by atoms with Gasteiger partial charge in [0.15, 0.2) is 5.78 Å².